The quantitative estimate of drug-likeness (QED) is 0.318. The fourth-order valence-electron chi connectivity index (χ4n) is 2.93. The summed E-state index contributed by atoms with van der Waals surface area (Å²) in [4.78, 5) is 35.4. The third-order valence-electron chi connectivity index (χ3n) is 4.42. The number of nitrogens with one attached hydrogen (secondary N) is 2. The number of benzene rings is 2. The molecule has 0 unspecified atom stereocenters. The highest BCUT2D eigenvalue weighted by Crippen LogP contribution is 2.24. The first kappa shape index (κ1) is 23.6. The molecule has 0 atom stereocenters. The van der Waals surface area contributed by atoms with Crippen LogP contribution in [0.25, 0.3) is 11.0 Å². The standard InChI is InChI=1S/C24H26N4O5/c1-15-13-21(29)32-20-14-18(9-10-19(15)20)28-27-17-7-5-16(6-8-17)22(30)25-11-12-26-23(31)33-24(2,3)4/h5-10,13-14H,11-12H2,1-4H3,(H,25,30)(H,26,31). The molecule has 172 valence electrons. The summed E-state index contributed by atoms with van der Waals surface area (Å²) in [6.07, 6.45) is -0.532. The number of rotatable bonds is 6. The minimum atomic E-state index is -0.574. The lowest BCUT2D eigenvalue weighted by atomic mass is 10.1. The minimum absolute atomic E-state index is 0.248. The Hall–Kier alpha value is -4.01. The van der Waals surface area contributed by atoms with Gasteiger partial charge in [0.05, 0.1) is 11.4 Å². The highest BCUT2D eigenvalue weighted by atomic mass is 16.6. The molecule has 9 heteroatoms. The molecule has 0 aliphatic heterocycles. The van der Waals surface area contributed by atoms with Crippen LogP contribution in [0.2, 0.25) is 0 Å². The average molecular weight is 450 g/mol. The number of alkyl carbamates (subject to hydrolysis) is 1. The van der Waals surface area contributed by atoms with Gasteiger partial charge in [0.25, 0.3) is 5.91 Å². The van der Waals surface area contributed by atoms with E-state index in [0.29, 0.717) is 22.5 Å². The number of ether oxygens (including phenoxy) is 1. The Morgan fingerprint density at radius 2 is 1.58 bits per heavy atom. The van der Waals surface area contributed by atoms with Crippen molar-refractivity contribution in [3.63, 3.8) is 0 Å². The average Bonchev–Trinajstić information content (AvgIpc) is 2.74. The van der Waals surface area contributed by atoms with E-state index in [-0.39, 0.29) is 19.0 Å². The number of carbonyl (C=O) groups excluding carboxylic acids is 2. The summed E-state index contributed by atoms with van der Waals surface area (Å²) in [6, 6.07) is 13.3. The van der Waals surface area contributed by atoms with Crippen molar-refractivity contribution >= 4 is 34.3 Å². The molecule has 0 aliphatic carbocycles. The number of carbonyl (C=O) groups is 2. The fraction of sp³-hybridized carbons (Fsp3) is 0.292. The van der Waals surface area contributed by atoms with Crippen molar-refractivity contribution in [1.82, 2.24) is 10.6 Å². The first-order valence-electron chi connectivity index (χ1n) is 10.4. The van der Waals surface area contributed by atoms with Gasteiger partial charge in [0, 0.05) is 36.2 Å². The van der Waals surface area contributed by atoms with E-state index in [4.69, 9.17) is 9.15 Å². The Bertz CT molecular complexity index is 1240. The van der Waals surface area contributed by atoms with Crippen LogP contribution in [0.3, 0.4) is 0 Å². The number of hydrogen-bond acceptors (Lipinski definition) is 7. The molecule has 3 aromatic rings. The second kappa shape index (κ2) is 10.1. The van der Waals surface area contributed by atoms with E-state index in [1.54, 1.807) is 57.2 Å². The molecule has 0 spiro atoms. The maximum absolute atomic E-state index is 12.2. The molecular weight excluding hydrogens is 424 g/mol. The summed E-state index contributed by atoms with van der Waals surface area (Å²) >= 11 is 0. The molecule has 3 rings (SSSR count). The molecule has 2 N–H and O–H groups in total. The zero-order valence-corrected chi connectivity index (χ0v) is 19.0. The van der Waals surface area contributed by atoms with E-state index in [0.717, 1.165) is 10.9 Å². The van der Waals surface area contributed by atoms with Gasteiger partial charge in [-0.1, -0.05) is 0 Å². The van der Waals surface area contributed by atoms with Crippen molar-refractivity contribution in [1.29, 1.82) is 0 Å². The van der Waals surface area contributed by atoms with Crippen molar-refractivity contribution in [2.45, 2.75) is 33.3 Å². The van der Waals surface area contributed by atoms with Crippen molar-refractivity contribution < 1.29 is 18.7 Å². The van der Waals surface area contributed by atoms with Crippen LogP contribution in [0.15, 0.2) is 68.0 Å². The van der Waals surface area contributed by atoms with Gasteiger partial charge in [-0.15, -0.1) is 0 Å². The van der Waals surface area contributed by atoms with Gasteiger partial charge in [0.2, 0.25) is 0 Å². The van der Waals surface area contributed by atoms with E-state index >= 15 is 0 Å². The molecule has 0 aliphatic rings. The van der Waals surface area contributed by atoms with Gasteiger partial charge in [0.15, 0.2) is 0 Å². The molecular formula is C24H26N4O5. The van der Waals surface area contributed by atoms with Crippen LogP contribution in [0.1, 0.15) is 36.7 Å². The first-order chi connectivity index (χ1) is 15.6. The van der Waals surface area contributed by atoms with E-state index in [1.165, 1.54) is 6.07 Å². The van der Waals surface area contributed by atoms with Crippen LogP contribution < -0.4 is 16.3 Å². The molecule has 2 amide bonds. The number of amides is 2. The zero-order valence-electron chi connectivity index (χ0n) is 19.0. The highest BCUT2D eigenvalue weighted by Gasteiger charge is 2.15. The number of fused-ring (bicyclic) bond motifs is 1. The summed E-state index contributed by atoms with van der Waals surface area (Å²) in [5.41, 5.74) is 1.84. The molecule has 0 radical (unpaired) electrons. The highest BCUT2D eigenvalue weighted by molar-refractivity contribution is 5.94. The largest absolute Gasteiger partial charge is 0.444 e. The summed E-state index contributed by atoms with van der Waals surface area (Å²) in [7, 11) is 0. The second-order valence-corrected chi connectivity index (χ2v) is 8.36. The predicted octanol–water partition coefficient (Wildman–Crippen LogP) is 4.77. The molecule has 0 saturated heterocycles. The van der Waals surface area contributed by atoms with Gasteiger partial charge in [-0.25, -0.2) is 9.59 Å². The van der Waals surface area contributed by atoms with Gasteiger partial charge >= 0.3 is 11.7 Å². The maximum Gasteiger partial charge on any atom is 0.407 e. The molecule has 1 aromatic heterocycles. The van der Waals surface area contributed by atoms with Gasteiger partial charge in [-0.3, -0.25) is 4.79 Å². The van der Waals surface area contributed by atoms with E-state index in [9.17, 15) is 14.4 Å². The Kier molecular flexibility index (Phi) is 7.22. The monoisotopic (exact) mass is 450 g/mol. The van der Waals surface area contributed by atoms with Gasteiger partial charge in [0.1, 0.15) is 11.2 Å². The minimum Gasteiger partial charge on any atom is -0.444 e. The molecule has 2 aromatic carbocycles. The molecule has 1 heterocycles. The second-order valence-electron chi connectivity index (χ2n) is 8.36. The fourth-order valence-corrected chi connectivity index (χ4v) is 2.93. The topological polar surface area (TPSA) is 122 Å². The maximum atomic E-state index is 12.2. The Labute approximate surface area is 190 Å². The van der Waals surface area contributed by atoms with E-state index in [1.807, 2.05) is 13.0 Å². The van der Waals surface area contributed by atoms with Crippen molar-refractivity contribution in [2.24, 2.45) is 10.2 Å². The van der Waals surface area contributed by atoms with Crippen molar-refractivity contribution in [3.05, 3.63) is 70.1 Å². The van der Waals surface area contributed by atoms with E-state index in [2.05, 4.69) is 20.9 Å². The SMILES string of the molecule is Cc1cc(=O)oc2cc(N=Nc3ccc(C(=O)NCCNC(=O)OC(C)(C)C)cc3)ccc12. The van der Waals surface area contributed by atoms with Crippen molar-refractivity contribution in [3.8, 4) is 0 Å². The molecule has 0 saturated carbocycles. The van der Waals surface area contributed by atoms with Crippen LogP contribution in [-0.4, -0.2) is 30.7 Å². The van der Waals surface area contributed by atoms with Crippen LogP contribution in [0.5, 0.6) is 0 Å². The predicted molar refractivity (Wildman–Crippen MR) is 124 cm³/mol. The van der Waals surface area contributed by atoms with Gasteiger partial charge in [-0.2, -0.15) is 10.2 Å². The van der Waals surface area contributed by atoms with Crippen LogP contribution >= 0.6 is 0 Å². The Balaban J connectivity index is 1.54. The third-order valence-corrected chi connectivity index (χ3v) is 4.42. The molecule has 9 nitrogen and oxygen atoms in total. The Morgan fingerprint density at radius 3 is 2.27 bits per heavy atom. The molecule has 33 heavy (non-hydrogen) atoms. The lowest BCUT2D eigenvalue weighted by molar-refractivity contribution is 0.0526. The molecule has 0 bridgehead atoms. The van der Waals surface area contributed by atoms with Crippen LogP contribution in [-0.2, 0) is 4.74 Å². The molecule has 0 fully saturated rings. The summed E-state index contributed by atoms with van der Waals surface area (Å²) < 4.78 is 10.3. The number of aryl methyl sites for hydroxylation is 1. The number of azo groups is 1. The Morgan fingerprint density at radius 1 is 0.939 bits per heavy atom. The number of nitrogens with zero attached hydrogens (tertiary/aromatic N) is 2. The van der Waals surface area contributed by atoms with Crippen LogP contribution in [0.4, 0.5) is 16.2 Å². The van der Waals surface area contributed by atoms with Crippen LogP contribution in [0, 0.1) is 6.92 Å². The summed E-state index contributed by atoms with van der Waals surface area (Å²) in [6.45, 7) is 7.68. The lowest BCUT2D eigenvalue weighted by Crippen LogP contribution is -2.37. The third kappa shape index (κ3) is 6.99. The normalized spacial score (nSPS) is 11.5. The number of hydrogen-bond donors (Lipinski definition) is 2. The first-order valence-corrected chi connectivity index (χ1v) is 10.4. The van der Waals surface area contributed by atoms with Gasteiger partial charge in [-0.05, 0) is 69.7 Å². The lowest BCUT2D eigenvalue weighted by Gasteiger charge is -2.19. The zero-order chi connectivity index (χ0) is 24.0. The summed E-state index contributed by atoms with van der Waals surface area (Å²) in [5.74, 6) is -0.274. The van der Waals surface area contributed by atoms with E-state index < -0.39 is 17.3 Å². The smallest absolute Gasteiger partial charge is 0.407 e. The summed E-state index contributed by atoms with van der Waals surface area (Å²) in [5, 5.41) is 14.5. The van der Waals surface area contributed by atoms with Crippen molar-refractivity contribution in [2.75, 3.05) is 13.1 Å². The van der Waals surface area contributed by atoms with Gasteiger partial charge < -0.3 is 19.8 Å².